The molecular formula is C23H27FN6O3. The van der Waals surface area contributed by atoms with Crippen molar-refractivity contribution in [1.29, 1.82) is 5.26 Å². The summed E-state index contributed by atoms with van der Waals surface area (Å²) in [4.78, 5) is 21.5. The molecule has 3 aromatic rings. The number of nitrogens with one attached hydrogen (secondary N) is 2. The quantitative estimate of drug-likeness (QED) is 0.389. The lowest BCUT2D eigenvalue weighted by atomic mass is 10.0. The molecule has 0 saturated heterocycles. The topological polar surface area (TPSA) is 136 Å². The number of aliphatic hydroxyl groups excluding tert-OH is 1. The minimum absolute atomic E-state index is 0.0316. The van der Waals surface area contributed by atoms with Crippen molar-refractivity contribution < 1.29 is 19.4 Å². The predicted molar refractivity (Wildman–Crippen MR) is 122 cm³/mol. The highest BCUT2D eigenvalue weighted by Gasteiger charge is 2.27. The van der Waals surface area contributed by atoms with Crippen LogP contribution in [0.4, 0.5) is 10.1 Å². The van der Waals surface area contributed by atoms with Gasteiger partial charge in [0.1, 0.15) is 23.7 Å². The molecule has 0 radical (unpaired) electrons. The first kappa shape index (κ1) is 24.1. The van der Waals surface area contributed by atoms with E-state index in [-0.39, 0.29) is 24.8 Å². The lowest BCUT2D eigenvalue weighted by Crippen LogP contribution is -2.42. The monoisotopic (exact) mass is 454 g/mol. The molecule has 1 amide bonds. The summed E-state index contributed by atoms with van der Waals surface area (Å²) in [6, 6.07) is 7.11. The van der Waals surface area contributed by atoms with Gasteiger partial charge in [0.25, 0.3) is 5.91 Å². The summed E-state index contributed by atoms with van der Waals surface area (Å²) in [7, 11) is 0. The van der Waals surface area contributed by atoms with Crippen LogP contribution < -0.4 is 10.6 Å². The fourth-order valence-corrected chi connectivity index (χ4v) is 3.20. The maximum absolute atomic E-state index is 14.1. The fraction of sp³-hybridized carbons (Fsp3) is 0.391. The van der Waals surface area contributed by atoms with Gasteiger partial charge in [-0.1, -0.05) is 0 Å². The second kappa shape index (κ2) is 9.94. The van der Waals surface area contributed by atoms with Gasteiger partial charge >= 0.3 is 0 Å². The van der Waals surface area contributed by atoms with Crippen LogP contribution in [-0.2, 0) is 0 Å². The Hall–Kier alpha value is -3.55. The van der Waals surface area contributed by atoms with Gasteiger partial charge in [0.2, 0.25) is 0 Å². The van der Waals surface area contributed by atoms with Crippen molar-refractivity contribution in [2.45, 2.75) is 45.0 Å². The van der Waals surface area contributed by atoms with E-state index in [9.17, 15) is 19.4 Å². The number of hydrogen-bond acceptors (Lipinski definition) is 7. The number of nitriles is 1. The molecule has 3 aromatic heterocycles. The van der Waals surface area contributed by atoms with E-state index >= 15 is 0 Å². The first-order valence-electron chi connectivity index (χ1n) is 10.5. The molecule has 0 aliphatic heterocycles. The Balaban J connectivity index is 1.95. The SMILES string of the molecule is CC(CCO)Nc1cc(-n2ccc3cc(C#N)cnc32)ncc1C(=O)NC[C@@H](F)C(C)(C)O. The average Bonchev–Trinajstić information content (AvgIpc) is 3.19. The third kappa shape index (κ3) is 5.63. The van der Waals surface area contributed by atoms with E-state index in [1.807, 2.05) is 13.0 Å². The highest BCUT2D eigenvalue weighted by Crippen LogP contribution is 2.24. The van der Waals surface area contributed by atoms with Crippen molar-refractivity contribution in [1.82, 2.24) is 19.9 Å². The Bertz CT molecular complexity index is 1180. The number of alkyl halides is 1. The Morgan fingerprint density at radius 1 is 1.33 bits per heavy atom. The van der Waals surface area contributed by atoms with Gasteiger partial charge in [-0.15, -0.1) is 0 Å². The number of rotatable bonds is 9. The Morgan fingerprint density at radius 3 is 2.76 bits per heavy atom. The Morgan fingerprint density at radius 2 is 2.09 bits per heavy atom. The molecule has 0 fully saturated rings. The van der Waals surface area contributed by atoms with Gasteiger partial charge in [-0.3, -0.25) is 9.36 Å². The minimum atomic E-state index is -1.64. The zero-order chi connectivity index (χ0) is 24.2. The average molecular weight is 455 g/mol. The summed E-state index contributed by atoms with van der Waals surface area (Å²) in [6.07, 6.45) is 3.42. The fourth-order valence-electron chi connectivity index (χ4n) is 3.20. The molecule has 0 aliphatic carbocycles. The molecule has 9 nitrogen and oxygen atoms in total. The van der Waals surface area contributed by atoms with Crippen molar-refractivity contribution in [2.24, 2.45) is 0 Å². The van der Waals surface area contributed by atoms with E-state index in [2.05, 4.69) is 26.7 Å². The number of halogens is 1. The molecule has 1 unspecified atom stereocenters. The first-order chi connectivity index (χ1) is 15.6. The number of amides is 1. The number of fused-ring (bicyclic) bond motifs is 1. The van der Waals surface area contributed by atoms with Crippen molar-refractivity contribution in [3.63, 3.8) is 0 Å². The minimum Gasteiger partial charge on any atom is -0.396 e. The number of aliphatic hydroxyl groups is 2. The van der Waals surface area contributed by atoms with Crippen molar-refractivity contribution in [3.05, 3.63) is 47.9 Å². The predicted octanol–water partition coefficient (Wildman–Crippen LogP) is 2.31. The van der Waals surface area contributed by atoms with Crippen LogP contribution in [-0.4, -0.2) is 61.6 Å². The van der Waals surface area contributed by atoms with Gasteiger partial charge in [0, 0.05) is 42.7 Å². The van der Waals surface area contributed by atoms with E-state index in [1.165, 1.54) is 26.2 Å². The summed E-state index contributed by atoms with van der Waals surface area (Å²) in [5.41, 5.74) is 0.103. The highest BCUT2D eigenvalue weighted by molar-refractivity contribution is 5.99. The second-order valence-electron chi connectivity index (χ2n) is 8.41. The van der Waals surface area contributed by atoms with Crippen LogP contribution in [0.25, 0.3) is 16.9 Å². The molecule has 0 aromatic carbocycles. The summed E-state index contributed by atoms with van der Waals surface area (Å²) in [5.74, 6) is -0.0638. The molecule has 3 heterocycles. The normalized spacial score (nSPS) is 13.4. The number of anilines is 1. The largest absolute Gasteiger partial charge is 0.396 e. The zero-order valence-electron chi connectivity index (χ0n) is 18.7. The smallest absolute Gasteiger partial charge is 0.255 e. The van der Waals surface area contributed by atoms with Gasteiger partial charge in [0.05, 0.1) is 29.0 Å². The number of carbonyl (C=O) groups is 1. The summed E-state index contributed by atoms with van der Waals surface area (Å²) < 4.78 is 15.8. The molecule has 0 bridgehead atoms. The van der Waals surface area contributed by atoms with Gasteiger partial charge in [-0.05, 0) is 39.3 Å². The number of aromatic nitrogens is 3. The molecule has 174 valence electrons. The molecule has 3 rings (SSSR count). The van der Waals surface area contributed by atoms with Crippen LogP contribution in [0.5, 0.6) is 0 Å². The van der Waals surface area contributed by atoms with E-state index in [4.69, 9.17) is 5.26 Å². The van der Waals surface area contributed by atoms with Gasteiger partial charge in [-0.2, -0.15) is 5.26 Å². The number of nitrogens with zero attached hydrogens (tertiary/aromatic N) is 4. The molecule has 0 spiro atoms. The lowest BCUT2D eigenvalue weighted by molar-refractivity contribution is -0.00177. The summed E-state index contributed by atoms with van der Waals surface area (Å²) in [5, 5.41) is 34.5. The summed E-state index contributed by atoms with van der Waals surface area (Å²) in [6.45, 7) is 4.14. The van der Waals surface area contributed by atoms with Crippen LogP contribution in [0.1, 0.15) is 43.1 Å². The number of hydrogen-bond donors (Lipinski definition) is 4. The van der Waals surface area contributed by atoms with E-state index < -0.39 is 17.7 Å². The molecule has 2 atom stereocenters. The maximum atomic E-state index is 14.1. The molecule has 0 aliphatic rings. The molecule has 4 N–H and O–H groups in total. The maximum Gasteiger partial charge on any atom is 0.255 e. The van der Waals surface area contributed by atoms with Crippen molar-refractivity contribution in [2.75, 3.05) is 18.5 Å². The van der Waals surface area contributed by atoms with Crippen LogP contribution in [0.2, 0.25) is 0 Å². The third-order valence-corrected chi connectivity index (χ3v) is 5.21. The Kier molecular flexibility index (Phi) is 7.26. The lowest BCUT2D eigenvalue weighted by Gasteiger charge is -2.23. The van der Waals surface area contributed by atoms with Gasteiger partial charge in [0.15, 0.2) is 0 Å². The third-order valence-electron chi connectivity index (χ3n) is 5.21. The van der Waals surface area contributed by atoms with Crippen molar-refractivity contribution >= 4 is 22.6 Å². The van der Waals surface area contributed by atoms with E-state index in [0.29, 0.717) is 29.1 Å². The number of carbonyl (C=O) groups excluding carboxylic acids is 1. The molecular weight excluding hydrogens is 427 g/mol. The number of pyridine rings is 2. The second-order valence-corrected chi connectivity index (χ2v) is 8.41. The van der Waals surface area contributed by atoms with Gasteiger partial charge in [-0.25, -0.2) is 14.4 Å². The Labute approximate surface area is 190 Å². The molecule has 33 heavy (non-hydrogen) atoms. The van der Waals surface area contributed by atoms with Crippen LogP contribution >= 0.6 is 0 Å². The van der Waals surface area contributed by atoms with Gasteiger partial charge < -0.3 is 20.8 Å². The van der Waals surface area contributed by atoms with E-state index in [1.54, 1.807) is 22.9 Å². The van der Waals surface area contributed by atoms with Crippen LogP contribution in [0.15, 0.2) is 36.8 Å². The molecule has 0 saturated carbocycles. The van der Waals surface area contributed by atoms with Crippen LogP contribution in [0, 0.1) is 11.3 Å². The first-order valence-corrected chi connectivity index (χ1v) is 10.5. The van der Waals surface area contributed by atoms with E-state index in [0.717, 1.165) is 5.39 Å². The van der Waals surface area contributed by atoms with Crippen molar-refractivity contribution in [3.8, 4) is 11.9 Å². The highest BCUT2D eigenvalue weighted by atomic mass is 19.1. The standard InChI is InChI=1S/C23H27FN6O3/c1-14(5-7-31)29-18-9-20(30-6-4-16-8-15(10-25)11-27-21(16)30)26-12-17(18)22(32)28-13-19(24)23(2,3)33/h4,6,8-9,11-12,14,19,31,33H,5,7,13H2,1-3H3,(H,26,29)(H,28,32)/t14?,19-/m1/s1. The summed E-state index contributed by atoms with van der Waals surface area (Å²) >= 11 is 0. The molecule has 10 heteroatoms. The zero-order valence-corrected chi connectivity index (χ0v) is 18.7. The van der Waals surface area contributed by atoms with Crippen LogP contribution in [0.3, 0.4) is 0 Å².